The van der Waals surface area contributed by atoms with Gasteiger partial charge in [-0.05, 0) is 6.42 Å². The Kier molecular flexibility index (Phi) is 6.03. The zero-order valence-corrected chi connectivity index (χ0v) is 8.03. The highest BCUT2D eigenvalue weighted by Crippen LogP contribution is 1.94. The Balaban J connectivity index is 2.86. The number of hydrogen-bond donors (Lipinski definition) is 1. The van der Waals surface area contributed by atoms with Crippen molar-refractivity contribution in [2.24, 2.45) is 0 Å². The van der Waals surface area contributed by atoms with Crippen molar-refractivity contribution in [3.05, 3.63) is 0 Å². The lowest BCUT2D eigenvalue weighted by atomic mass is 10.3. The number of thiol groups is 1. The molecule has 8 heavy (non-hydrogen) atoms. The van der Waals surface area contributed by atoms with Crippen LogP contribution >= 0.6 is 12.8 Å². The van der Waals surface area contributed by atoms with Crippen LogP contribution in [0.25, 0.3) is 0 Å². The van der Waals surface area contributed by atoms with E-state index < -0.39 is 0 Å². The third-order valence-corrected chi connectivity index (χ3v) is 3.23. The van der Waals surface area contributed by atoms with Gasteiger partial charge in [-0.3, -0.25) is 3.97 Å². The third kappa shape index (κ3) is 4.68. The van der Waals surface area contributed by atoms with E-state index in [1.54, 1.807) is 0 Å². The second kappa shape index (κ2) is 5.66. The lowest BCUT2D eigenvalue weighted by Crippen LogP contribution is -2.15. The molecule has 0 bridgehead atoms. The monoisotopic (exact) mass is 149 g/mol. The number of rotatable bonds is 4. The summed E-state index contributed by atoms with van der Waals surface area (Å²) < 4.78 is 2.17. The Morgan fingerprint density at radius 1 is 1.62 bits per heavy atom. The molecule has 0 aliphatic carbocycles. The second-order valence-electron chi connectivity index (χ2n) is 1.90. The zero-order valence-electron chi connectivity index (χ0n) is 5.72. The van der Waals surface area contributed by atoms with Crippen LogP contribution < -0.4 is 0 Å². The van der Waals surface area contributed by atoms with Gasteiger partial charge in [0.25, 0.3) is 0 Å². The minimum absolute atomic E-state index is 0.0156. The lowest BCUT2D eigenvalue weighted by molar-refractivity contribution is 0.646. The van der Waals surface area contributed by atoms with Crippen molar-refractivity contribution < 1.29 is 0 Å². The summed E-state index contributed by atoms with van der Waals surface area (Å²) in [5, 5.41) is 0. The fourth-order valence-corrected chi connectivity index (χ4v) is 1.18. The fraction of sp³-hybridized carbons (Fsp3) is 1.00. The SMILES string of the molecule is CCCCN(S)[SiH2]C. The van der Waals surface area contributed by atoms with Crippen LogP contribution in [0.5, 0.6) is 0 Å². The van der Waals surface area contributed by atoms with Gasteiger partial charge in [0.1, 0.15) is 9.68 Å². The van der Waals surface area contributed by atoms with Gasteiger partial charge >= 0.3 is 0 Å². The van der Waals surface area contributed by atoms with Crippen LogP contribution in [-0.2, 0) is 0 Å². The molecule has 0 unspecified atom stereocenters. The molecule has 0 N–H and O–H groups in total. The molecule has 0 saturated heterocycles. The summed E-state index contributed by atoms with van der Waals surface area (Å²) in [6, 6.07) is 0. The third-order valence-electron chi connectivity index (χ3n) is 1.13. The highest BCUT2D eigenvalue weighted by atomic mass is 32.1. The molecule has 0 atom stereocenters. The molecule has 3 heteroatoms. The minimum Gasteiger partial charge on any atom is -0.281 e. The van der Waals surface area contributed by atoms with Gasteiger partial charge in [-0.15, -0.1) is 12.8 Å². The van der Waals surface area contributed by atoms with Crippen LogP contribution in [0.4, 0.5) is 0 Å². The molecule has 50 valence electrons. The maximum Gasteiger partial charge on any atom is 0.105 e. The van der Waals surface area contributed by atoms with Crippen molar-refractivity contribution in [3.63, 3.8) is 0 Å². The molecule has 1 nitrogen and oxygen atoms in total. The largest absolute Gasteiger partial charge is 0.281 e. The van der Waals surface area contributed by atoms with Gasteiger partial charge in [0.15, 0.2) is 0 Å². The summed E-state index contributed by atoms with van der Waals surface area (Å²) in [4.78, 5) is 0. The fourth-order valence-electron chi connectivity index (χ4n) is 0.499. The normalized spacial score (nSPS) is 12.0. The molecule has 0 aromatic carbocycles. The van der Waals surface area contributed by atoms with Crippen molar-refractivity contribution in [2.45, 2.75) is 26.3 Å². The second-order valence-corrected chi connectivity index (χ2v) is 4.39. The van der Waals surface area contributed by atoms with E-state index in [1.165, 1.54) is 19.4 Å². The minimum atomic E-state index is 0.0156. The summed E-state index contributed by atoms with van der Waals surface area (Å²) in [7, 11) is 0.0156. The molecule has 0 amide bonds. The average Bonchev–Trinajstić information content (AvgIpc) is 1.83. The first-order valence-corrected chi connectivity index (χ1v) is 5.69. The molecule has 0 spiro atoms. The van der Waals surface area contributed by atoms with E-state index in [-0.39, 0.29) is 9.68 Å². The quantitative estimate of drug-likeness (QED) is 0.462. The van der Waals surface area contributed by atoms with Crippen molar-refractivity contribution in [1.82, 2.24) is 3.97 Å². The van der Waals surface area contributed by atoms with Crippen molar-refractivity contribution >= 4 is 22.5 Å². The van der Waals surface area contributed by atoms with E-state index in [0.717, 1.165) is 0 Å². The van der Waals surface area contributed by atoms with Crippen LogP contribution in [0.2, 0.25) is 6.55 Å². The van der Waals surface area contributed by atoms with Gasteiger partial charge in [-0.25, -0.2) is 0 Å². The number of unbranched alkanes of at least 4 members (excludes halogenated alkanes) is 1. The summed E-state index contributed by atoms with van der Waals surface area (Å²) in [6.45, 7) is 5.64. The molecule has 0 aromatic rings. The maximum atomic E-state index is 4.26. The van der Waals surface area contributed by atoms with Crippen LogP contribution in [0, 0.1) is 0 Å². The molecule has 0 aliphatic heterocycles. The first-order chi connectivity index (χ1) is 3.81. The number of nitrogens with zero attached hydrogens (tertiary/aromatic N) is 1. The summed E-state index contributed by atoms with van der Waals surface area (Å²) in [5.41, 5.74) is 0. The Morgan fingerprint density at radius 2 is 2.25 bits per heavy atom. The summed E-state index contributed by atoms with van der Waals surface area (Å²) in [5.74, 6) is 0. The Bertz CT molecular complexity index is 51.7. The predicted molar refractivity (Wildman–Crippen MR) is 45.0 cm³/mol. The maximum absolute atomic E-state index is 4.26. The highest BCUT2D eigenvalue weighted by molar-refractivity contribution is 7.78. The molecule has 0 saturated carbocycles. The first-order valence-electron chi connectivity index (χ1n) is 3.25. The van der Waals surface area contributed by atoms with Gasteiger partial charge < -0.3 is 0 Å². The van der Waals surface area contributed by atoms with E-state index in [0.29, 0.717) is 0 Å². The van der Waals surface area contributed by atoms with Crippen molar-refractivity contribution in [2.75, 3.05) is 6.54 Å². The Hall–Kier alpha value is 0.527. The van der Waals surface area contributed by atoms with Gasteiger partial charge in [0.2, 0.25) is 0 Å². The van der Waals surface area contributed by atoms with Crippen LogP contribution in [-0.4, -0.2) is 20.2 Å². The van der Waals surface area contributed by atoms with Crippen LogP contribution in [0.3, 0.4) is 0 Å². The summed E-state index contributed by atoms with van der Waals surface area (Å²) >= 11 is 4.26. The molecule has 0 aliphatic rings. The Labute approximate surface area is 59.9 Å². The zero-order chi connectivity index (χ0) is 6.41. The van der Waals surface area contributed by atoms with E-state index >= 15 is 0 Å². The molecule has 0 heterocycles. The first kappa shape index (κ1) is 8.53. The molecule has 0 aromatic heterocycles. The number of hydrogen-bond acceptors (Lipinski definition) is 2. The molecular weight excluding hydrogens is 134 g/mol. The van der Waals surface area contributed by atoms with Gasteiger partial charge in [0, 0.05) is 6.54 Å². The predicted octanol–water partition coefficient (Wildman–Crippen LogP) is 1.07. The lowest BCUT2D eigenvalue weighted by Gasteiger charge is -2.09. The molecule has 0 fully saturated rings. The molecule has 0 rings (SSSR count). The van der Waals surface area contributed by atoms with Crippen molar-refractivity contribution in [1.29, 1.82) is 0 Å². The van der Waals surface area contributed by atoms with Crippen molar-refractivity contribution in [3.8, 4) is 0 Å². The van der Waals surface area contributed by atoms with Gasteiger partial charge in [-0.1, -0.05) is 19.9 Å². The van der Waals surface area contributed by atoms with Gasteiger partial charge in [-0.2, -0.15) is 0 Å². The summed E-state index contributed by atoms with van der Waals surface area (Å²) in [6.07, 6.45) is 2.58. The van der Waals surface area contributed by atoms with E-state index in [1.807, 2.05) is 0 Å². The van der Waals surface area contributed by atoms with E-state index in [9.17, 15) is 0 Å². The molecular formula is C5H15NSSi. The smallest absolute Gasteiger partial charge is 0.105 e. The van der Waals surface area contributed by atoms with Crippen LogP contribution in [0.1, 0.15) is 19.8 Å². The topological polar surface area (TPSA) is 3.24 Å². The average molecular weight is 149 g/mol. The van der Waals surface area contributed by atoms with E-state index in [2.05, 4.69) is 30.3 Å². The standard InChI is InChI=1S/C5H15NSSi/c1-3-4-5-6(7)8-2/h7H,3-5,8H2,1-2H3. The highest BCUT2D eigenvalue weighted by Gasteiger charge is 1.91. The Morgan fingerprint density at radius 3 is 2.62 bits per heavy atom. The molecule has 0 radical (unpaired) electrons. The van der Waals surface area contributed by atoms with E-state index in [4.69, 9.17) is 0 Å². The van der Waals surface area contributed by atoms with Crippen LogP contribution in [0.15, 0.2) is 0 Å². The van der Waals surface area contributed by atoms with Gasteiger partial charge in [0.05, 0.1) is 0 Å².